The summed E-state index contributed by atoms with van der Waals surface area (Å²) in [5.74, 6) is 0.546. The van der Waals surface area contributed by atoms with Gasteiger partial charge in [-0.2, -0.15) is 5.26 Å². The van der Waals surface area contributed by atoms with E-state index in [1.165, 1.54) is 12.5 Å². The molecule has 0 N–H and O–H groups in total. The lowest BCUT2D eigenvalue weighted by atomic mass is 9.63. The van der Waals surface area contributed by atoms with Gasteiger partial charge in [0.1, 0.15) is 6.10 Å². The van der Waals surface area contributed by atoms with E-state index in [4.69, 9.17) is 10.00 Å². The van der Waals surface area contributed by atoms with Crippen molar-refractivity contribution < 1.29 is 9.53 Å². The van der Waals surface area contributed by atoms with E-state index in [1.54, 1.807) is 0 Å². The van der Waals surface area contributed by atoms with E-state index >= 15 is 0 Å². The van der Waals surface area contributed by atoms with Crippen LogP contribution in [0.5, 0.6) is 0 Å². The Morgan fingerprint density at radius 3 is 2.81 bits per heavy atom. The molecule has 2 aliphatic rings. The Morgan fingerprint density at radius 2 is 2.24 bits per heavy atom. The lowest BCUT2D eigenvalue weighted by molar-refractivity contribution is -0.153. The minimum Gasteiger partial charge on any atom is -0.462 e. The average Bonchev–Trinajstić information content (AvgIpc) is 2.79. The molecule has 0 amide bonds. The number of nitriles is 1. The van der Waals surface area contributed by atoms with Gasteiger partial charge in [-0.25, -0.2) is 0 Å². The zero-order valence-electron chi connectivity index (χ0n) is 14.1. The van der Waals surface area contributed by atoms with E-state index in [-0.39, 0.29) is 17.5 Å². The highest BCUT2D eigenvalue weighted by molar-refractivity contribution is 5.66. The van der Waals surface area contributed by atoms with Crippen LogP contribution in [0.1, 0.15) is 66.7 Å². The third-order valence-corrected chi connectivity index (χ3v) is 4.95. The molecule has 118 valence electrons. The van der Waals surface area contributed by atoms with Crippen molar-refractivity contribution in [2.75, 3.05) is 0 Å². The molecule has 2 aliphatic carbocycles. The van der Waals surface area contributed by atoms with E-state index in [0.29, 0.717) is 18.3 Å². The molecule has 4 atom stereocenters. The van der Waals surface area contributed by atoms with Crippen LogP contribution in [0.25, 0.3) is 0 Å². The fourth-order valence-corrected chi connectivity index (χ4v) is 4.09. The first-order chi connectivity index (χ1) is 9.99. The molecule has 1 saturated carbocycles. The zero-order valence-corrected chi connectivity index (χ0v) is 14.1. The summed E-state index contributed by atoms with van der Waals surface area (Å²) in [5, 5.41) is 8.90. The molecule has 0 bridgehead atoms. The Labute approximate surface area is 129 Å². The van der Waals surface area contributed by atoms with Crippen LogP contribution >= 0.6 is 0 Å². The molecule has 0 saturated heterocycles. The van der Waals surface area contributed by atoms with Gasteiger partial charge in [0.2, 0.25) is 0 Å². The highest BCUT2D eigenvalue weighted by Crippen LogP contribution is 2.55. The number of esters is 1. The summed E-state index contributed by atoms with van der Waals surface area (Å²) >= 11 is 0. The van der Waals surface area contributed by atoms with E-state index < -0.39 is 0 Å². The van der Waals surface area contributed by atoms with Crippen molar-refractivity contribution in [1.82, 2.24) is 0 Å². The largest absolute Gasteiger partial charge is 0.462 e. The summed E-state index contributed by atoms with van der Waals surface area (Å²) in [7, 11) is 0. The van der Waals surface area contributed by atoms with Gasteiger partial charge in [-0.3, -0.25) is 4.79 Å². The monoisotopic (exact) mass is 291 g/mol. The zero-order chi connectivity index (χ0) is 16.0. The van der Waals surface area contributed by atoms with Gasteiger partial charge in [0, 0.05) is 19.3 Å². The third-order valence-electron chi connectivity index (χ3n) is 4.95. The molecule has 0 aromatic heterocycles. The van der Waals surface area contributed by atoms with Crippen molar-refractivity contribution in [3.63, 3.8) is 0 Å². The highest BCUT2D eigenvalue weighted by atomic mass is 16.5. The summed E-state index contributed by atoms with van der Waals surface area (Å²) < 4.78 is 5.52. The van der Waals surface area contributed by atoms with E-state index in [2.05, 4.69) is 26.0 Å². The number of nitrogens with zero attached hydrogens (tertiary/aromatic N) is 1. The quantitative estimate of drug-likeness (QED) is 0.562. The van der Waals surface area contributed by atoms with Crippen molar-refractivity contribution in [3.8, 4) is 6.07 Å². The molecule has 0 radical (unpaired) electrons. The smallest absolute Gasteiger partial charge is 0.302 e. The minimum absolute atomic E-state index is 0.0549. The Morgan fingerprint density at radius 1 is 1.57 bits per heavy atom. The standard InChI is InChI=1S/C16H23NO2.C2H6/c1-11(8-10-17)13-6-7-14-15(19-12(2)18)5-4-9-16(13,14)3;1-2/h6,11,14-15H,4-5,7-9H2,1-3H3;1-2H3. The summed E-state index contributed by atoms with van der Waals surface area (Å²) in [4.78, 5) is 11.2. The number of ether oxygens (including phenoxy) is 1. The molecular formula is C18H29NO2. The number of fused-ring (bicyclic) bond motifs is 1. The first kappa shape index (κ1) is 17.8. The lowest BCUT2D eigenvalue weighted by Gasteiger charge is -2.44. The molecule has 0 aromatic rings. The molecule has 2 rings (SSSR count). The predicted molar refractivity (Wildman–Crippen MR) is 84.4 cm³/mol. The van der Waals surface area contributed by atoms with Crippen molar-refractivity contribution >= 4 is 5.97 Å². The van der Waals surface area contributed by atoms with Gasteiger partial charge < -0.3 is 4.74 Å². The van der Waals surface area contributed by atoms with Crippen LogP contribution in [-0.2, 0) is 9.53 Å². The van der Waals surface area contributed by atoms with Gasteiger partial charge in [-0.1, -0.05) is 39.3 Å². The number of carbonyl (C=O) groups is 1. The SMILES string of the molecule is CC.CC(=O)OC1CCCC2(C)C(C(C)CC#N)=CCC12. The number of carbonyl (C=O) groups excluding carboxylic acids is 1. The van der Waals surface area contributed by atoms with Crippen LogP contribution < -0.4 is 0 Å². The maximum absolute atomic E-state index is 11.2. The van der Waals surface area contributed by atoms with Gasteiger partial charge in [-0.15, -0.1) is 0 Å². The molecule has 3 nitrogen and oxygen atoms in total. The van der Waals surface area contributed by atoms with Gasteiger partial charge in [0.25, 0.3) is 0 Å². The second kappa shape index (κ2) is 7.64. The van der Waals surface area contributed by atoms with Crippen LogP contribution in [-0.4, -0.2) is 12.1 Å². The summed E-state index contributed by atoms with van der Waals surface area (Å²) in [5.41, 5.74) is 1.53. The molecule has 1 fully saturated rings. The normalized spacial score (nSPS) is 31.9. The van der Waals surface area contributed by atoms with Crippen LogP contribution in [0, 0.1) is 28.6 Å². The van der Waals surface area contributed by atoms with E-state index in [0.717, 1.165) is 25.7 Å². The number of hydrogen-bond donors (Lipinski definition) is 0. The van der Waals surface area contributed by atoms with Crippen LogP contribution in [0.4, 0.5) is 0 Å². The highest BCUT2D eigenvalue weighted by Gasteiger charge is 2.49. The molecule has 21 heavy (non-hydrogen) atoms. The summed E-state index contributed by atoms with van der Waals surface area (Å²) in [6, 6.07) is 2.27. The second-order valence-electron chi connectivity index (χ2n) is 6.22. The number of rotatable bonds is 3. The maximum Gasteiger partial charge on any atom is 0.302 e. The number of allylic oxidation sites excluding steroid dienone is 2. The lowest BCUT2D eigenvalue weighted by Crippen LogP contribution is -2.41. The molecule has 3 heteroatoms. The Bertz CT molecular complexity index is 435. The third kappa shape index (κ3) is 3.67. The molecule has 0 spiro atoms. The first-order valence-corrected chi connectivity index (χ1v) is 8.23. The molecule has 0 aromatic carbocycles. The Kier molecular flexibility index (Phi) is 6.45. The Balaban J connectivity index is 0.00000106. The summed E-state index contributed by atoms with van der Waals surface area (Å²) in [6.45, 7) is 9.92. The predicted octanol–water partition coefficient (Wildman–Crippen LogP) is 4.63. The van der Waals surface area contributed by atoms with Crippen molar-refractivity contribution in [1.29, 1.82) is 5.26 Å². The van der Waals surface area contributed by atoms with Crippen LogP contribution in [0.2, 0.25) is 0 Å². The van der Waals surface area contributed by atoms with Crippen molar-refractivity contribution in [3.05, 3.63) is 11.6 Å². The van der Waals surface area contributed by atoms with Crippen LogP contribution in [0.3, 0.4) is 0 Å². The number of hydrogen-bond acceptors (Lipinski definition) is 3. The van der Waals surface area contributed by atoms with Gasteiger partial charge >= 0.3 is 5.97 Å². The average molecular weight is 291 g/mol. The topological polar surface area (TPSA) is 50.1 Å². The van der Waals surface area contributed by atoms with Crippen LogP contribution in [0.15, 0.2) is 11.6 Å². The Hall–Kier alpha value is -1.30. The minimum atomic E-state index is -0.173. The van der Waals surface area contributed by atoms with Gasteiger partial charge in [0.15, 0.2) is 0 Å². The van der Waals surface area contributed by atoms with E-state index in [1.807, 2.05) is 13.8 Å². The molecule has 0 aliphatic heterocycles. The van der Waals surface area contributed by atoms with E-state index in [9.17, 15) is 4.79 Å². The summed E-state index contributed by atoms with van der Waals surface area (Å²) in [6.07, 6.45) is 7.14. The molecular weight excluding hydrogens is 262 g/mol. The molecule has 0 heterocycles. The first-order valence-electron chi connectivity index (χ1n) is 8.23. The fourth-order valence-electron chi connectivity index (χ4n) is 4.09. The van der Waals surface area contributed by atoms with Gasteiger partial charge in [-0.05, 0) is 37.0 Å². The van der Waals surface area contributed by atoms with Gasteiger partial charge in [0.05, 0.1) is 6.07 Å². The van der Waals surface area contributed by atoms with Crippen molar-refractivity contribution in [2.24, 2.45) is 17.3 Å². The fraction of sp³-hybridized carbons (Fsp3) is 0.778. The molecule has 4 unspecified atom stereocenters. The van der Waals surface area contributed by atoms with Crippen molar-refractivity contribution in [2.45, 2.75) is 72.8 Å². The second-order valence-corrected chi connectivity index (χ2v) is 6.22. The maximum atomic E-state index is 11.2.